The summed E-state index contributed by atoms with van der Waals surface area (Å²) in [6.45, 7) is -0.932. The first-order chi connectivity index (χ1) is 15.1. The Labute approximate surface area is 186 Å². The predicted molar refractivity (Wildman–Crippen MR) is 76.6 cm³/mol. The van der Waals surface area contributed by atoms with Crippen LogP contribution in [0, 0.1) is 0 Å². The molecule has 1 heterocycles. The SMILES string of the molecule is CC(C)(C)P1(F)(OC(C(F)(F)F)C(F)(F)F)OC(C(F)(F)F)(C(F)(F)F)C(C(F)(F)F)(C(F)(F)F)O1. The zero-order chi connectivity index (χ0) is 29.6. The van der Waals surface area contributed by atoms with Crippen LogP contribution in [0.15, 0.2) is 0 Å². The van der Waals surface area contributed by atoms with E-state index in [-0.39, 0.29) is 20.8 Å². The second-order valence-corrected chi connectivity index (χ2v) is 11.6. The van der Waals surface area contributed by atoms with Gasteiger partial charge >= 0.3 is 185 Å². The third-order valence-corrected chi connectivity index (χ3v) is 8.51. The molecule has 0 unspecified atom stereocenters. The number of hydrogen-bond acceptors (Lipinski definition) is 3. The quantitative estimate of drug-likeness (QED) is 0.234. The molecule has 218 valence electrons. The average Bonchev–Trinajstić information content (AvgIpc) is 2.80. The molecular formula is C13H10F19O3P. The fourth-order valence-corrected chi connectivity index (χ4v) is 6.08. The Balaban J connectivity index is 4.51. The van der Waals surface area contributed by atoms with Gasteiger partial charge in [-0.2, -0.15) is 0 Å². The van der Waals surface area contributed by atoms with Crippen molar-refractivity contribution in [1.82, 2.24) is 0 Å². The van der Waals surface area contributed by atoms with E-state index in [0.29, 0.717) is 0 Å². The van der Waals surface area contributed by atoms with E-state index in [0.717, 1.165) is 0 Å². The number of rotatable bonds is 2. The van der Waals surface area contributed by atoms with Crippen molar-refractivity contribution in [2.24, 2.45) is 0 Å². The molecule has 1 aliphatic rings. The maximum atomic E-state index is 16.1. The molecule has 0 amide bonds. The van der Waals surface area contributed by atoms with Gasteiger partial charge in [-0.3, -0.25) is 0 Å². The van der Waals surface area contributed by atoms with Crippen molar-refractivity contribution in [2.45, 2.75) is 80.3 Å². The van der Waals surface area contributed by atoms with Crippen molar-refractivity contribution in [3.63, 3.8) is 0 Å². The van der Waals surface area contributed by atoms with Gasteiger partial charge in [0, 0.05) is 0 Å². The molecule has 0 N–H and O–H groups in total. The molecule has 0 aromatic carbocycles. The normalized spacial score (nSPS) is 24.5. The van der Waals surface area contributed by atoms with E-state index in [2.05, 4.69) is 13.6 Å². The molecule has 1 aliphatic heterocycles. The molecule has 0 saturated carbocycles. The van der Waals surface area contributed by atoms with Gasteiger partial charge in [0.2, 0.25) is 0 Å². The predicted octanol–water partition coefficient (Wildman–Crippen LogP) is 8.25. The standard InChI is InChI=1S/C13H10F19O3P/c1-5(2,3)36(32,33-4(6(14,15)16)7(17,18)19)34-8(10(20,21)22,11(23,24)25)9(35-36,12(26,27)28)13(29,30)31/h4H,1-3H3. The van der Waals surface area contributed by atoms with Crippen LogP contribution < -0.4 is 0 Å². The Kier molecular flexibility index (Phi) is 7.12. The van der Waals surface area contributed by atoms with Crippen molar-refractivity contribution in [1.29, 1.82) is 0 Å². The van der Waals surface area contributed by atoms with E-state index in [4.69, 9.17) is 0 Å². The van der Waals surface area contributed by atoms with Gasteiger partial charge in [0.05, 0.1) is 0 Å². The summed E-state index contributed by atoms with van der Waals surface area (Å²) in [7, 11) is -9.67. The van der Waals surface area contributed by atoms with Crippen LogP contribution in [-0.4, -0.2) is 59.5 Å². The molecule has 0 aromatic heterocycles. The Morgan fingerprint density at radius 1 is 0.528 bits per heavy atom. The second-order valence-electron chi connectivity index (χ2n) is 8.06. The average molecular weight is 606 g/mol. The van der Waals surface area contributed by atoms with E-state index in [1.54, 1.807) is 0 Å². The summed E-state index contributed by atoms with van der Waals surface area (Å²) in [5.41, 5.74) is -16.0. The number of halogens is 19. The van der Waals surface area contributed by atoms with Crippen molar-refractivity contribution >= 4 is 7.59 Å². The van der Waals surface area contributed by atoms with Crippen molar-refractivity contribution in [3.05, 3.63) is 0 Å². The molecule has 0 radical (unpaired) electrons. The summed E-state index contributed by atoms with van der Waals surface area (Å²) in [5.74, 6) is 0. The monoisotopic (exact) mass is 606 g/mol. The van der Waals surface area contributed by atoms with Gasteiger partial charge in [0.1, 0.15) is 0 Å². The van der Waals surface area contributed by atoms with E-state index >= 15 is 4.20 Å². The zero-order valence-electron chi connectivity index (χ0n) is 16.9. The fourth-order valence-electron chi connectivity index (χ4n) is 2.90. The van der Waals surface area contributed by atoms with Crippen LogP contribution in [0.1, 0.15) is 20.8 Å². The van der Waals surface area contributed by atoms with Gasteiger partial charge in [0.15, 0.2) is 0 Å². The minimum absolute atomic E-state index is 0.311. The summed E-state index contributed by atoms with van der Waals surface area (Å²) in [4.78, 5) is 0. The van der Waals surface area contributed by atoms with Crippen LogP contribution in [-0.2, 0) is 13.6 Å². The van der Waals surface area contributed by atoms with Crippen molar-refractivity contribution in [3.8, 4) is 0 Å². The third-order valence-electron chi connectivity index (χ3n) is 4.63. The molecular weight excluding hydrogens is 596 g/mol. The molecule has 3 nitrogen and oxygen atoms in total. The van der Waals surface area contributed by atoms with Crippen molar-refractivity contribution in [2.75, 3.05) is 0 Å². The van der Waals surface area contributed by atoms with E-state index < -0.39 is 67.1 Å². The van der Waals surface area contributed by atoms with Gasteiger partial charge in [-0.05, 0) is 0 Å². The first-order valence-corrected chi connectivity index (χ1v) is 10.2. The summed E-state index contributed by atoms with van der Waals surface area (Å²) in [6, 6.07) is 0. The first-order valence-electron chi connectivity index (χ1n) is 8.31. The maximum absolute atomic E-state index is 16.1. The van der Waals surface area contributed by atoms with Crippen LogP contribution in [0.5, 0.6) is 0 Å². The molecule has 0 aromatic rings. The molecule has 0 aliphatic carbocycles. The van der Waals surface area contributed by atoms with Crippen LogP contribution in [0.3, 0.4) is 0 Å². The summed E-state index contributed by atoms with van der Waals surface area (Å²) in [6.07, 6.45) is -52.5. The van der Waals surface area contributed by atoms with E-state index in [1.807, 2.05) is 0 Å². The van der Waals surface area contributed by atoms with Gasteiger partial charge in [-0.25, -0.2) is 0 Å². The minimum atomic E-state index is -9.67. The van der Waals surface area contributed by atoms with Gasteiger partial charge < -0.3 is 0 Å². The summed E-state index contributed by atoms with van der Waals surface area (Å²) < 4.78 is 265. The number of hydrogen-bond donors (Lipinski definition) is 0. The van der Waals surface area contributed by atoms with Crippen LogP contribution >= 0.6 is 7.59 Å². The Hall–Kier alpha value is -1.02. The van der Waals surface area contributed by atoms with Crippen molar-refractivity contribution < 1.29 is 96.8 Å². The third kappa shape index (κ3) is 4.36. The molecule has 0 spiro atoms. The van der Waals surface area contributed by atoms with Gasteiger partial charge in [0.25, 0.3) is 0 Å². The molecule has 1 fully saturated rings. The first kappa shape index (κ1) is 33.0. The van der Waals surface area contributed by atoms with Crippen LogP contribution in [0.25, 0.3) is 0 Å². The van der Waals surface area contributed by atoms with E-state index in [9.17, 15) is 79.0 Å². The molecule has 1 saturated heterocycles. The number of alkyl halides is 18. The van der Waals surface area contributed by atoms with Crippen LogP contribution in [0.2, 0.25) is 0 Å². The Morgan fingerprint density at radius 2 is 0.750 bits per heavy atom. The second kappa shape index (κ2) is 7.77. The molecule has 0 atom stereocenters. The van der Waals surface area contributed by atoms with Gasteiger partial charge in [-0.1, -0.05) is 0 Å². The molecule has 0 bridgehead atoms. The van der Waals surface area contributed by atoms with Gasteiger partial charge in [-0.15, -0.1) is 0 Å². The topological polar surface area (TPSA) is 27.7 Å². The Morgan fingerprint density at radius 3 is 0.889 bits per heavy atom. The molecule has 36 heavy (non-hydrogen) atoms. The van der Waals surface area contributed by atoms with E-state index in [1.165, 1.54) is 0 Å². The molecule has 23 heteroatoms. The summed E-state index contributed by atoms with van der Waals surface area (Å²) >= 11 is 0. The zero-order valence-corrected chi connectivity index (χ0v) is 17.8. The van der Waals surface area contributed by atoms with Crippen LogP contribution in [0.4, 0.5) is 83.2 Å². The Bertz CT molecular complexity index is 754. The molecule has 1 rings (SSSR count). The fraction of sp³-hybridized carbons (Fsp3) is 1.00. The summed E-state index contributed by atoms with van der Waals surface area (Å²) in [5, 5.41) is -4.04.